The van der Waals surface area contributed by atoms with Crippen LogP contribution in [-0.4, -0.2) is 45.3 Å². The first-order valence-electron chi connectivity index (χ1n) is 4.48. The van der Waals surface area contributed by atoms with E-state index >= 15 is 0 Å². The summed E-state index contributed by atoms with van der Waals surface area (Å²) in [7, 11) is -5.66. The number of halogens is 8. The molecule has 13 heteroatoms. The molecule has 0 aromatic heterocycles. The van der Waals surface area contributed by atoms with Gasteiger partial charge in [-0.1, -0.05) is 0 Å². The van der Waals surface area contributed by atoms with Crippen LogP contribution in [-0.2, 0) is 19.0 Å². The SMILES string of the molecule is COS(=O)(=O)C(OC(C)(F)F)C(F)(F)C(F)(F)C(F)F. The second-order valence-electron chi connectivity index (χ2n) is 3.46. The second kappa shape index (κ2) is 5.60. The van der Waals surface area contributed by atoms with Crippen molar-refractivity contribution in [3.8, 4) is 0 Å². The van der Waals surface area contributed by atoms with Crippen molar-refractivity contribution in [1.82, 2.24) is 0 Å². The van der Waals surface area contributed by atoms with Gasteiger partial charge in [-0.2, -0.15) is 34.8 Å². The molecule has 0 aliphatic rings. The van der Waals surface area contributed by atoms with E-state index in [0.717, 1.165) is 0 Å². The minimum Gasteiger partial charge on any atom is -0.291 e. The third-order valence-corrected chi connectivity index (χ3v) is 3.20. The molecule has 0 rings (SSSR count). The van der Waals surface area contributed by atoms with Crippen LogP contribution in [0.5, 0.6) is 0 Å². The smallest absolute Gasteiger partial charge is 0.291 e. The average molecular weight is 340 g/mol. The highest BCUT2D eigenvalue weighted by Crippen LogP contribution is 2.45. The summed E-state index contributed by atoms with van der Waals surface area (Å²) in [6, 6.07) is 0. The molecule has 0 aromatic rings. The highest BCUT2D eigenvalue weighted by atomic mass is 32.2. The molecule has 0 heterocycles. The van der Waals surface area contributed by atoms with Crippen LogP contribution >= 0.6 is 0 Å². The van der Waals surface area contributed by atoms with E-state index in [9.17, 15) is 43.5 Å². The predicted octanol–water partition coefficient (Wildman–Crippen LogP) is 2.45. The molecule has 0 N–H and O–H groups in total. The molecule has 0 radical (unpaired) electrons. The number of ether oxygens (including phenoxy) is 1. The maximum Gasteiger partial charge on any atom is 0.373 e. The van der Waals surface area contributed by atoms with E-state index in [1.54, 1.807) is 0 Å². The summed E-state index contributed by atoms with van der Waals surface area (Å²) in [5.41, 5.74) is -4.33. The first kappa shape index (κ1) is 19.3. The number of rotatable bonds is 7. The van der Waals surface area contributed by atoms with Gasteiger partial charge in [-0.05, 0) is 0 Å². The first-order chi connectivity index (χ1) is 8.59. The lowest BCUT2D eigenvalue weighted by Crippen LogP contribution is -2.58. The Labute approximate surface area is 107 Å². The van der Waals surface area contributed by atoms with E-state index in [2.05, 4.69) is 8.92 Å². The zero-order valence-corrected chi connectivity index (χ0v) is 10.5. The van der Waals surface area contributed by atoms with Crippen LogP contribution in [0, 0.1) is 0 Å². The maximum atomic E-state index is 13.2. The fraction of sp³-hybridized carbons (Fsp3) is 1.00. The Hall–Kier alpha value is -0.690. The van der Waals surface area contributed by atoms with Crippen molar-refractivity contribution >= 4 is 10.1 Å². The number of hydrogen-bond donors (Lipinski definition) is 0. The molecule has 1 unspecified atom stereocenters. The Bertz CT molecular complexity index is 429. The van der Waals surface area contributed by atoms with E-state index in [-0.39, 0.29) is 14.0 Å². The molecular formula is C7H8F8O4S. The summed E-state index contributed by atoms with van der Waals surface area (Å²) in [6.45, 7) is -0.248. The maximum absolute atomic E-state index is 13.2. The Morgan fingerprint density at radius 3 is 1.60 bits per heavy atom. The second-order valence-corrected chi connectivity index (χ2v) is 5.21. The van der Waals surface area contributed by atoms with Gasteiger partial charge in [0.25, 0.3) is 5.44 Å². The van der Waals surface area contributed by atoms with Gasteiger partial charge in [0.1, 0.15) is 0 Å². The van der Waals surface area contributed by atoms with E-state index < -0.39 is 39.9 Å². The van der Waals surface area contributed by atoms with Crippen molar-refractivity contribution in [1.29, 1.82) is 0 Å². The quantitative estimate of drug-likeness (QED) is 0.528. The highest BCUT2D eigenvalue weighted by molar-refractivity contribution is 7.87. The molecule has 0 saturated heterocycles. The van der Waals surface area contributed by atoms with E-state index in [0.29, 0.717) is 0 Å². The van der Waals surface area contributed by atoms with Crippen molar-refractivity contribution in [2.24, 2.45) is 0 Å². The van der Waals surface area contributed by atoms with Gasteiger partial charge in [0.2, 0.25) is 0 Å². The lowest BCUT2D eigenvalue weighted by molar-refractivity contribution is -0.328. The summed E-state index contributed by atoms with van der Waals surface area (Å²) >= 11 is 0. The fourth-order valence-electron chi connectivity index (χ4n) is 0.892. The number of alkyl halides is 8. The van der Waals surface area contributed by atoms with E-state index in [4.69, 9.17) is 0 Å². The Kier molecular flexibility index (Phi) is 5.40. The largest absolute Gasteiger partial charge is 0.373 e. The van der Waals surface area contributed by atoms with Gasteiger partial charge in [0.15, 0.2) is 0 Å². The zero-order valence-electron chi connectivity index (χ0n) is 9.72. The monoisotopic (exact) mass is 340 g/mol. The number of hydrogen-bond acceptors (Lipinski definition) is 4. The average Bonchev–Trinajstić information content (AvgIpc) is 2.23. The minimum atomic E-state index is -6.24. The van der Waals surface area contributed by atoms with Crippen molar-refractivity contribution in [3.05, 3.63) is 0 Å². The summed E-state index contributed by atoms with van der Waals surface area (Å²) < 4.78 is 129. The summed E-state index contributed by atoms with van der Waals surface area (Å²) in [5, 5.41) is 0. The molecule has 1 atom stereocenters. The van der Waals surface area contributed by atoms with Gasteiger partial charge in [-0.25, -0.2) is 8.78 Å². The van der Waals surface area contributed by atoms with Crippen LogP contribution in [0.1, 0.15) is 6.92 Å². The third kappa shape index (κ3) is 3.91. The molecule has 0 aliphatic carbocycles. The van der Waals surface area contributed by atoms with Crippen LogP contribution in [0.25, 0.3) is 0 Å². The normalized spacial score (nSPS) is 16.6. The van der Waals surface area contributed by atoms with Gasteiger partial charge in [-0.15, -0.1) is 0 Å². The Morgan fingerprint density at radius 1 is 0.950 bits per heavy atom. The van der Waals surface area contributed by atoms with Crippen molar-refractivity contribution in [2.75, 3.05) is 7.11 Å². The molecule has 0 spiro atoms. The van der Waals surface area contributed by atoms with Crippen LogP contribution in [0.2, 0.25) is 0 Å². The molecule has 122 valence electrons. The zero-order chi connectivity index (χ0) is 16.6. The summed E-state index contributed by atoms with van der Waals surface area (Å²) in [6.07, 6.45) is -9.65. The third-order valence-electron chi connectivity index (χ3n) is 1.82. The van der Waals surface area contributed by atoms with Crippen molar-refractivity contribution in [2.45, 2.75) is 36.7 Å². The van der Waals surface area contributed by atoms with Crippen LogP contribution in [0.4, 0.5) is 35.1 Å². The molecule has 0 saturated carbocycles. The minimum absolute atomic E-state index is 0.177. The Balaban J connectivity index is 5.89. The Morgan fingerprint density at radius 2 is 1.35 bits per heavy atom. The van der Waals surface area contributed by atoms with E-state index in [1.165, 1.54) is 0 Å². The first-order valence-corrected chi connectivity index (χ1v) is 5.95. The standard InChI is InChI=1S/C7H8F8O4S/c1-5(10,11)19-4(20(16,17)18-2)7(14,15)6(12,13)3(8)9/h3-4H,1-2H3. The molecule has 20 heavy (non-hydrogen) atoms. The van der Waals surface area contributed by atoms with Gasteiger partial charge in [0, 0.05) is 6.92 Å². The molecule has 4 nitrogen and oxygen atoms in total. The van der Waals surface area contributed by atoms with Crippen molar-refractivity contribution < 1.29 is 52.5 Å². The lowest BCUT2D eigenvalue weighted by atomic mass is 10.2. The van der Waals surface area contributed by atoms with Crippen molar-refractivity contribution in [3.63, 3.8) is 0 Å². The molecular weight excluding hydrogens is 332 g/mol. The molecule has 0 fully saturated rings. The molecule has 0 bridgehead atoms. The molecule has 0 aliphatic heterocycles. The van der Waals surface area contributed by atoms with Crippen LogP contribution in [0.15, 0.2) is 0 Å². The molecule has 0 aromatic carbocycles. The predicted molar refractivity (Wildman–Crippen MR) is 47.3 cm³/mol. The summed E-state index contributed by atoms with van der Waals surface area (Å²) in [4.78, 5) is 0. The van der Waals surface area contributed by atoms with Gasteiger partial charge < -0.3 is 0 Å². The highest BCUT2D eigenvalue weighted by Gasteiger charge is 2.71. The van der Waals surface area contributed by atoms with Crippen LogP contribution < -0.4 is 0 Å². The molecule has 0 amide bonds. The van der Waals surface area contributed by atoms with Gasteiger partial charge >= 0.3 is 34.5 Å². The van der Waals surface area contributed by atoms with Crippen LogP contribution in [0.3, 0.4) is 0 Å². The summed E-state index contributed by atoms with van der Waals surface area (Å²) in [5.74, 6) is -12.4. The fourth-order valence-corrected chi connectivity index (χ4v) is 1.87. The van der Waals surface area contributed by atoms with E-state index in [1.807, 2.05) is 0 Å². The topological polar surface area (TPSA) is 52.6 Å². The lowest BCUT2D eigenvalue weighted by Gasteiger charge is -2.32. The van der Waals surface area contributed by atoms with Gasteiger partial charge in [0.05, 0.1) is 7.11 Å². The van der Waals surface area contributed by atoms with Gasteiger partial charge in [-0.3, -0.25) is 8.92 Å².